The van der Waals surface area contributed by atoms with E-state index in [9.17, 15) is 24.3 Å². The van der Waals surface area contributed by atoms with Crippen LogP contribution in [0.15, 0.2) is 0 Å². The molecule has 1 amide bonds. The van der Waals surface area contributed by atoms with E-state index in [1.165, 1.54) is 193 Å². The molecule has 0 unspecified atom stereocenters. The highest BCUT2D eigenvalue weighted by Crippen LogP contribution is 2.18. The fraction of sp³-hybridized carbons (Fsp3) is 0.927. The van der Waals surface area contributed by atoms with Gasteiger partial charge in [0.1, 0.15) is 18.8 Å². The van der Waals surface area contributed by atoms with Crippen molar-refractivity contribution < 1.29 is 33.8 Å². The van der Waals surface area contributed by atoms with Crippen LogP contribution >= 0.6 is 0 Å². The predicted octanol–water partition coefficient (Wildman–Crippen LogP) is 16.6. The number of aliphatic carboxylic acids is 1. The topological polar surface area (TPSA) is 119 Å². The lowest BCUT2D eigenvalue weighted by Gasteiger charge is -2.20. The van der Waals surface area contributed by atoms with Gasteiger partial charge in [-0.25, -0.2) is 4.79 Å². The molecule has 0 fully saturated rings. The van der Waals surface area contributed by atoms with Gasteiger partial charge in [0.15, 0.2) is 0 Å². The molecule has 0 aromatic carbocycles. The number of hydrogen-bond acceptors (Lipinski definition) is 6. The third-order valence-corrected chi connectivity index (χ3v) is 12.9. The molecule has 0 aliphatic carbocycles. The van der Waals surface area contributed by atoms with Gasteiger partial charge < -0.3 is 19.9 Å². The van der Waals surface area contributed by atoms with E-state index >= 15 is 0 Å². The van der Waals surface area contributed by atoms with Gasteiger partial charge in [0.2, 0.25) is 5.91 Å². The Morgan fingerprint density at radius 3 is 1.02 bits per heavy atom. The number of carboxylic acids is 1. The van der Waals surface area contributed by atoms with Crippen LogP contribution in [0.4, 0.5) is 0 Å². The highest BCUT2D eigenvalue weighted by molar-refractivity contribution is 5.83. The van der Waals surface area contributed by atoms with Gasteiger partial charge in [-0.15, -0.1) is 0 Å². The second-order valence-corrected chi connectivity index (χ2v) is 19.2. The number of ether oxygens (including phenoxy) is 2. The van der Waals surface area contributed by atoms with Crippen molar-refractivity contribution in [1.29, 1.82) is 0 Å². The van der Waals surface area contributed by atoms with Crippen LogP contribution in [0.3, 0.4) is 0 Å². The third-order valence-electron chi connectivity index (χ3n) is 12.9. The average Bonchev–Trinajstić information content (AvgIpc) is 3.27. The zero-order valence-electron chi connectivity index (χ0n) is 42.1. The van der Waals surface area contributed by atoms with Crippen molar-refractivity contribution in [1.82, 2.24) is 5.32 Å². The molecule has 0 spiro atoms. The first kappa shape index (κ1) is 60.9. The molecule has 0 bridgehead atoms. The largest absolute Gasteiger partial charge is 0.480 e. The van der Waals surface area contributed by atoms with Crippen molar-refractivity contribution in [3.8, 4) is 0 Å². The standard InChI is InChI=1S/C55H105NO7/c1-4-7-10-13-16-19-22-25-28-31-34-37-40-46-52(57)56-51(55(60)61)45-43-44-50(63-54(59)48-42-39-36-33-30-27-24-21-18-15-12-9-6-3)49-62-53(58)47-41-38-35-32-29-26-23-20-17-14-11-8-5-2/h50-51H,4-49H2,1-3H3,(H,56,57)(H,60,61)/t50-,51+/m1/s1. The summed E-state index contributed by atoms with van der Waals surface area (Å²) in [6, 6.07) is -1.00. The third kappa shape index (κ3) is 46.2. The summed E-state index contributed by atoms with van der Waals surface area (Å²) in [4.78, 5) is 50.4. The van der Waals surface area contributed by atoms with E-state index in [1.807, 2.05) is 0 Å². The minimum Gasteiger partial charge on any atom is -0.480 e. The second kappa shape index (κ2) is 49.3. The van der Waals surface area contributed by atoms with Gasteiger partial charge in [-0.3, -0.25) is 14.4 Å². The minimum absolute atomic E-state index is 0.0230. The van der Waals surface area contributed by atoms with Crippen molar-refractivity contribution in [3.05, 3.63) is 0 Å². The van der Waals surface area contributed by atoms with E-state index in [0.717, 1.165) is 57.8 Å². The molecule has 372 valence electrons. The number of nitrogens with one attached hydrogen (secondary N) is 1. The molecule has 0 aliphatic heterocycles. The lowest BCUT2D eigenvalue weighted by Crippen LogP contribution is -2.40. The number of carboxylic acid groups (broad SMARTS) is 1. The summed E-state index contributed by atoms with van der Waals surface area (Å²) in [5, 5.41) is 12.6. The summed E-state index contributed by atoms with van der Waals surface area (Å²) in [5.74, 6) is -1.86. The number of rotatable bonds is 51. The fourth-order valence-electron chi connectivity index (χ4n) is 8.63. The maximum Gasteiger partial charge on any atom is 0.326 e. The molecule has 0 aromatic rings. The Morgan fingerprint density at radius 1 is 0.381 bits per heavy atom. The molecule has 0 aliphatic rings. The van der Waals surface area contributed by atoms with Crippen LogP contribution in [0.25, 0.3) is 0 Å². The molecule has 0 saturated carbocycles. The molecule has 8 nitrogen and oxygen atoms in total. The van der Waals surface area contributed by atoms with E-state index in [2.05, 4.69) is 26.1 Å². The number of carbonyl (C=O) groups excluding carboxylic acids is 3. The molecular weight excluding hydrogens is 787 g/mol. The normalized spacial score (nSPS) is 12.3. The molecule has 63 heavy (non-hydrogen) atoms. The zero-order valence-corrected chi connectivity index (χ0v) is 42.1. The van der Waals surface area contributed by atoms with Crippen molar-refractivity contribution in [2.45, 2.75) is 322 Å². The van der Waals surface area contributed by atoms with Gasteiger partial charge in [-0.1, -0.05) is 252 Å². The first-order chi connectivity index (χ1) is 30.8. The molecule has 8 heteroatoms. The van der Waals surface area contributed by atoms with E-state index in [-0.39, 0.29) is 30.9 Å². The Kier molecular flexibility index (Phi) is 47.7. The van der Waals surface area contributed by atoms with E-state index in [1.54, 1.807) is 0 Å². The molecule has 0 aromatic heterocycles. The van der Waals surface area contributed by atoms with E-state index in [0.29, 0.717) is 32.1 Å². The number of esters is 2. The quantitative estimate of drug-likeness (QED) is 0.0461. The molecular formula is C55H105NO7. The summed E-state index contributed by atoms with van der Waals surface area (Å²) in [5.41, 5.74) is 0. The maximum absolute atomic E-state index is 12.9. The lowest BCUT2D eigenvalue weighted by atomic mass is 10.0. The molecule has 0 heterocycles. The van der Waals surface area contributed by atoms with Gasteiger partial charge in [0, 0.05) is 19.3 Å². The SMILES string of the molecule is CCCCCCCCCCCCCCCC(=O)N[C@@H](CCC[C@H](COC(=O)CCCCCCCCCCCCCCC)OC(=O)CCCCCCCCCCCCCCC)C(=O)O. The monoisotopic (exact) mass is 892 g/mol. The van der Waals surface area contributed by atoms with Gasteiger partial charge >= 0.3 is 17.9 Å². The second-order valence-electron chi connectivity index (χ2n) is 19.2. The van der Waals surface area contributed by atoms with Gasteiger partial charge in [0.05, 0.1) is 0 Å². The van der Waals surface area contributed by atoms with Crippen molar-refractivity contribution >= 4 is 23.8 Å². The first-order valence-corrected chi connectivity index (χ1v) is 27.7. The van der Waals surface area contributed by atoms with Crippen LogP contribution < -0.4 is 5.32 Å². The number of amides is 1. The number of hydrogen-bond donors (Lipinski definition) is 2. The summed E-state index contributed by atoms with van der Waals surface area (Å²) >= 11 is 0. The van der Waals surface area contributed by atoms with Crippen LogP contribution in [-0.4, -0.2) is 47.7 Å². The van der Waals surface area contributed by atoms with Crippen LogP contribution in [0, 0.1) is 0 Å². The van der Waals surface area contributed by atoms with Gasteiger partial charge in [0.25, 0.3) is 0 Å². The van der Waals surface area contributed by atoms with Crippen molar-refractivity contribution in [3.63, 3.8) is 0 Å². The average molecular weight is 892 g/mol. The van der Waals surface area contributed by atoms with E-state index in [4.69, 9.17) is 9.47 Å². The lowest BCUT2D eigenvalue weighted by molar-refractivity contribution is -0.159. The zero-order chi connectivity index (χ0) is 46.1. The Balaban J connectivity index is 4.59. The first-order valence-electron chi connectivity index (χ1n) is 27.7. The van der Waals surface area contributed by atoms with Crippen LogP contribution in [-0.2, 0) is 28.7 Å². The van der Waals surface area contributed by atoms with Gasteiger partial charge in [-0.05, 0) is 38.5 Å². The molecule has 0 radical (unpaired) electrons. The number of carbonyl (C=O) groups is 4. The van der Waals surface area contributed by atoms with Crippen LogP contribution in [0.2, 0.25) is 0 Å². The Hall–Kier alpha value is -2.12. The predicted molar refractivity (Wildman–Crippen MR) is 265 cm³/mol. The fourth-order valence-corrected chi connectivity index (χ4v) is 8.63. The van der Waals surface area contributed by atoms with Crippen LogP contribution in [0.1, 0.15) is 310 Å². The summed E-state index contributed by atoms with van der Waals surface area (Å²) in [6.45, 7) is 6.75. The summed E-state index contributed by atoms with van der Waals surface area (Å²) in [6.07, 6.45) is 49.5. The summed E-state index contributed by atoms with van der Waals surface area (Å²) < 4.78 is 11.4. The summed E-state index contributed by atoms with van der Waals surface area (Å²) in [7, 11) is 0. The van der Waals surface area contributed by atoms with Crippen molar-refractivity contribution in [2.75, 3.05) is 6.61 Å². The molecule has 2 N–H and O–H groups in total. The molecule has 0 saturated heterocycles. The Labute approximate surface area is 390 Å². The van der Waals surface area contributed by atoms with Crippen molar-refractivity contribution in [2.24, 2.45) is 0 Å². The Bertz CT molecular complexity index is 1020. The number of unbranched alkanes of at least 4 members (excludes halogenated alkanes) is 36. The highest BCUT2D eigenvalue weighted by atomic mass is 16.6. The van der Waals surface area contributed by atoms with Gasteiger partial charge in [-0.2, -0.15) is 0 Å². The Morgan fingerprint density at radius 2 is 0.683 bits per heavy atom. The van der Waals surface area contributed by atoms with Crippen LogP contribution in [0.5, 0.6) is 0 Å². The maximum atomic E-state index is 12.9. The molecule has 2 atom stereocenters. The molecule has 0 rings (SSSR count). The highest BCUT2D eigenvalue weighted by Gasteiger charge is 2.22. The smallest absolute Gasteiger partial charge is 0.326 e. The van der Waals surface area contributed by atoms with E-state index < -0.39 is 18.1 Å². The minimum atomic E-state index is -1.06.